The Morgan fingerprint density at radius 2 is 2.39 bits per heavy atom. The molecule has 8 heteroatoms. The molecule has 7 nitrogen and oxygen atoms in total. The van der Waals surface area contributed by atoms with E-state index in [-0.39, 0.29) is 5.75 Å². The number of hydrogen-bond acceptors (Lipinski definition) is 6. The number of H-pyrrole nitrogens is 1. The Hall–Kier alpha value is -2.09. The molecule has 0 saturated heterocycles. The number of aromatic amines is 1. The van der Waals surface area contributed by atoms with E-state index >= 15 is 0 Å². The quantitative estimate of drug-likeness (QED) is 0.780. The lowest BCUT2D eigenvalue weighted by Crippen LogP contribution is -1.97. The van der Waals surface area contributed by atoms with Crippen molar-refractivity contribution in [2.75, 3.05) is 12.9 Å². The van der Waals surface area contributed by atoms with Crippen LogP contribution in [0.5, 0.6) is 5.75 Å². The Balaban J connectivity index is 2.15. The van der Waals surface area contributed by atoms with Crippen molar-refractivity contribution in [2.24, 2.45) is 0 Å². The van der Waals surface area contributed by atoms with Gasteiger partial charge in [-0.2, -0.15) is 0 Å². The van der Waals surface area contributed by atoms with E-state index in [0.717, 1.165) is 17.3 Å². The fourth-order valence-electron chi connectivity index (χ4n) is 1.23. The molecule has 0 spiro atoms. The van der Waals surface area contributed by atoms with Gasteiger partial charge in [-0.25, -0.2) is 4.98 Å². The first-order chi connectivity index (χ1) is 8.69. The molecule has 0 atom stereocenters. The molecule has 0 aliphatic carbocycles. The Morgan fingerprint density at radius 1 is 1.56 bits per heavy atom. The zero-order chi connectivity index (χ0) is 13.0. The Labute approximate surface area is 107 Å². The molecular weight excluding hydrogens is 256 g/mol. The number of methoxy groups -OCH3 is 1. The molecule has 0 aliphatic heterocycles. The highest BCUT2D eigenvalue weighted by Gasteiger charge is 2.09. The molecule has 0 aliphatic rings. The highest BCUT2D eigenvalue weighted by molar-refractivity contribution is 7.99. The molecule has 2 aromatic rings. The molecule has 0 bridgehead atoms. The van der Waals surface area contributed by atoms with Crippen LogP contribution in [-0.2, 0) is 4.79 Å². The number of carbonyl (C=O) groups is 1. The van der Waals surface area contributed by atoms with Gasteiger partial charge in [-0.1, -0.05) is 11.8 Å². The first kappa shape index (κ1) is 12.4. The lowest BCUT2D eigenvalue weighted by molar-refractivity contribution is -0.133. The van der Waals surface area contributed by atoms with E-state index in [4.69, 9.17) is 9.84 Å². The number of carboxylic acids is 1. The van der Waals surface area contributed by atoms with Crippen LogP contribution in [0.2, 0.25) is 0 Å². The third-order valence-corrected chi connectivity index (χ3v) is 2.84. The highest BCUT2D eigenvalue weighted by atomic mass is 32.2. The van der Waals surface area contributed by atoms with Gasteiger partial charge in [-0.3, -0.25) is 14.9 Å². The molecule has 0 amide bonds. The van der Waals surface area contributed by atoms with Crippen LogP contribution in [0.3, 0.4) is 0 Å². The molecule has 2 aromatic heterocycles. The second-order valence-corrected chi connectivity index (χ2v) is 4.20. The van der Waals surface area contributed by atoms with Crippen LogP contribution in [0.4, 0.5) is 0 Å². The van der Waals surface area contributed by atoms with Crippen LogP contribution in [0.15, 0.2) is 23.6 Å². The molecule has 2 N–H and O–H groups in total. The molecule has 94 valence electrons. The van der Waals surface area contributed by atoms with Crippen molar-refractivity contribution < 1.29 is 14.6 Å². The average molecular weight is 266 g/mol. The molecule has 0 saturated carbocycles. The van der Waals surface area contributed by atoms with Gasteiger partial charge < -0.3 is 9.84 Å². The van der Waals surface area contributed by atoms with Gasteiger partial charge in [0.1, 0.15) is 5.75 Å². The minimum absolute atomic E-state index is 0.0757. The first-order valence-corrected chi connectivity index (χ1v) is 5.94. The number of aromatic nitrogens is 4. The normalized spacial score (nSPS) is 10.3. The molecule has 0 radical (unpaired) electrons. The highest BCUT2D eigenvalue weighted by Crippen LogP contribution is 2.21. The van der Waals surface area contributed by atoms with E-state index in [2.05, 4.69) is 20.2 Å². The summed E-state index contributed by atoms with van der Waals surface area (Å²) in [5.41, 5.74) is 0.726. The number of hydrogen-bond donors (Lipinski definition) is 2. The lowest BCUT2D eigenvalue weighted by Gasteiger charge is -1.99. The Morgan fingerprint density at radius 3 is 3.11 bits per heavy atom. The molecule has 2 heterocycles. The van der Waals surface area contributed by atoms with Crippen molar-refractivity contribution in [2.45, 2.75) is 5.16 Å². The number of aliphatic carboxylic acids is 1. The lowest BCUT2D eigenvalue weighted by atomic mass is 10.2. The minimum atomic E-state index is -0.908. The predicted molar refractivity (Wildman–Crippen MR) is 64.5 cm³/mol. The fourth-order valence-corrected chi connectivity index (χ4v) is 1.74. The van der Waals surface area contributed by atoms with Gasteiger partial charge in [0.25, 0.3) is 0 Å². The van der Waals surface area contributed by atoms with Crippen LogP contribution in [0, 0.1) is 0 Å². The van der Waals surface area contributed by atoms with Crippen LogP contribution in [0.25, 0.3) is 11.4 Å². The molecular formula is C10H10N4O3S. The van der Waals surface area contributed by atoms with Gasteiger partial charge >= 0.3 is 5.97 Å². The summed E-state index contributed by atoms with van der Waals surface area (Å²) < 4.78 is 5.05. The van der Waals surface area contributed by atoms with Crippen LogP contribution < -0.4 is 4.74 Å². The summed E-state index contributed by atoms with van der Waals surface area (Å²) in [6.07, 6.45) is 3.20. The number of pyridine rings is 1. The van der Waals surface area contributed by atoms with Gasteiger partial charge in [-0.15, -0.1) is 5.10 Å². The first-order valence-electron chi connectivity index (χ1n) is 4.95. The molecule has 0 aromatic carbocycles. The second kappa shape index (κ2) is 5.50. The SMILES string of the molecule is COc1cncc(-c2nc(SCC(=O)O)n[nH]2)c1. The monoisotopic (exact) mass is 266 g/mol. The maximum absolute atomic E-state index is 10.4. The second-order valence-electron chi connectivity index (χ2n) is 3.26. The average Bonchev–Trinajstić information content (AvgIpc) is 2.85. The molecule has 0 unspecified atom stereocenters. The fraction of sp³-hybridized carbons (Fsp3) is 0.200. The van der Waals surface area contributed by atoms with Gasteiger partial charge in [0.2, 0.25) is 5.16 Å². The topological polar surface area (TPSA) is 101 Å². The predicted octanol–water partition coefficient (Wildman–Crippen LogP) is 1.05. The number of carboxylic acid groups (broad SMARTS) is 1. The van der Waals surface area contributed by atoms with Crippen molar-refractivity contribution in [3.63, 3.8) is 0 Å². The third-order valence-electron chi connectivity index (χ3n) is 2.01. The Kier molecular flexibility index (Phi) is 3.78. The van der Waals surface area contributed by atoms with Crippen LogP contribution in [-0.4, -0.2) is 44.1 Å². The van der Waals surface area contributed by atoms with Crippen molar-refractivity contribution in [1.29, 1.82) is 0 Å². The van der Waals surface area contributed by atoms with E-state index in [9.17, 15) is 4.79 Å². The number of rotatable bonds is 5. The zero-order valence-electron chi connectivity index (χ0n) is 9.45. The maximum Gasteiger partial charge on any atom is 0.313 e. The summed E-state index contributed by atoms with van der Waals surface area (Å²) in [6, 6.07) is 1.76. The van der Waals surface area contributed by atoms with Gasteiger partial charge in [0, 0.05) is 11.8 Å². The van der Waals surface area contributed by atoms with Gasteiger partial charge in [0.15, 0.2) is 5.82 Å². The Bertz CT molecular complexity index is 558. The number of nitrogens with one attached hydrogen (secondary N) is 1. The molecule has 18 heavy (non-hydrogen) atoms. The van der Waals surface area contributed by atoms with Crippen molar-refractivity contribution in [3.05, 3.63) is 18.5 Å². The van der Waals surface area contributed by atoms with E-state index in [1.807, 2.05) is 0 Å². The van der Waals surface area contributed by atoms with Crippen LogP contribution >= 0.6 is 11.8 Å². The largest absolute Gasteiger partial charge is 0.495 e. The summed E-state index contributed by atoms with van der Waals surface area (Å²) in [5, 5.41) is 15.6. The maximum atomic E-state index is 10.4. The van der Waals surface area contributed by atoms with E-state index < -0.39 is 5.97 Å². The number of thioether (sulfide) groups is 1. The standard InChI is InChI=1S/C10H10N4O3S/c1-17-7-2-6(3-11-4-7)9-12-10(14-13-9)18-5-8(15)16/h2-4H,5H2,1H3,(H,15,16)(H,12,13,14). The summed E-state index contributed by atoms with van der Waals surface area (Å²) in [7, 11) is 1.55. The smallest absolute Gasteiger partial charge is 0.313 e. The van der Waals surface area contributed by atoms with E-state index in [1.54, 1.807) is 25.6 Å². The summed E-state index contributed by atoms with van der Waals surface area (Å²) in [4.78, 5) is 18.6. The minimum Gasteiger partial charge on any atom is -0.495 e. The zero-order valence-corrected chi connectivity index (χ0v) is 10.3. The molecule has 2 rings (SSSR count). The van der Waals surface area contributed by atoms with Crippen molar-refractivity contribution in [1.82, 2.24) is 20.2 Å². The van der Waals surface area contributed by atoms with Gasteiger partial charge in [-0.05, 0) is 6.07 Å². The van der Waals surface area contributed by atoms with Crippen LogP contribution in [0.1, 0.15) is 0 Å². The van der Waals surface area contributed by atoms with E-state index in [1.165, 1.54) is 0 Å². The van der Waals surface area contributed by atoms with Gasteiger partial charge in [0.05, 0.1) is 19.1 Å². The third kappa shape index (κ3) is 2.98. The number of nitrogens with zero attached hydrogens (tertiary/aromatic N) is 3. The number of ether oxygens (including phenoxy) is 1. The summed E-state index contributed by atoms with van der Waals surface area (Å²) in [5.74, 6) is 0.153. The van der Waals surface area contributed by atoms with Crippen molar-refractivity contribution in [3.8, 4) is 17.1 Å². The van der Waals surface area contributed by atoms with E-state index in [0.29, 0.717) is 16.7 Å². The summed E-state index contributed by atoms with van der Waals surface area (Å²) in [6.45, 7) is 0. The molecule has 0 fully saturated rings. The summed E-state index contributed by atoms with van der Waals surface area (Å²) >= 11 is 1.05. The van der Waals surface area contributed by atoms with Crippen molar-refractivity contribution >= 4 is 17.7 Å².